The number of oxime groups is 1. The van der Waals surface area contributed by atoms with E-state index < -0.39 is 0 Å². The van der Waals surface area contributed by atoms with Gasteiger partial charge in [0.1, 0.15) is 5.60 Å². The molecule has 0 saturated heterocycles. The lowest BCUT2D eigenvalue weighted by Crippen LogP contribution is -2.37. The van der Waals surface area contributed by atoms with Gasteiger partial charge < -0.3 is 10.2 Å². The van der Waals surface area contributed by atoms with Crippen LogP contribution in [0.1, 0.15) is 51.0 Å². The summed E-state index contributed by atoms with van der Waals surface area (Å²) >= 11 is 0. The Morgan fingerprint density at radius 1 is 1.35 bits per heavy atom. The predicted octanol–water partition coefficient (Wildman–Crippen LogP) is 3.07. The van der Waals surface area contributed by atoms with Crippen molar-refractivity contribution in [2.45, 2.75) is 63.6 Å². The maximum Gasteiger partial charge on any atom is 0.159 e. The molecule has 2 fully saturated rings. The third-order valence-corrected chi connectivity index (χ3v) is 5.31. The van der Waals surface area contributed by atoms with E-state index in [1.54, 1.807) is 0 Å². The van der Waals surface area contributed by atoms with Gasteiger partial charge in [0, 0.05) is 30.8 Å². The van der Waals surface area contributed by atoms with E-state index in [1.807, 2.05) is 17.1 Å². The van der Waals surface area contributed by atoms with Crippen LogP contribution in [-0.4, -0.2) is 32.1 Å². The molecule has 5 rings (SSSR count). The SMILES string of the molecule is CCn1ncc2c(NC3CC3)c(C3=NOC4(CCC4)C3)cnc21. The van der Waals surface area contributed by atoms with Crippen molar-refractivity contribution in [3.05, 3.63) is 18.0 Å². The van der Waals surface area contributed by atoms with Gasteiger partial charge >= 0.3 is 0 Å². The molecule has 3 heterocycles. The fraction of sp³-hybridized carbons (Fsp3) is 0.588. The molecule has 3 aliphatic rings. The zero-order chi connectivity index (χ0) is 15.4. The second kappa shape index (κ2) is 4.69. The molecule has 0 aromatic carbocycles. The van der Waals surface area contributed by atoms with Crippen LogP contribution in [0.25, 0.3) is 11.0 Å². The van der Waals surface area contributed by atoms with Crippen LogP contribution in [0.3, 0.4) is 0 Å². The van der Waals surface area contributed by atoms with E-state index in [0.717, 1.165) is 53.8 Å². The highest BCUT2D eigenvalue weighted by molar-refractivity contribution is 6.10. The molecule has 2 aliphatic carbocycles. The van der Waals surface area contributed by atoms with Gasteiger partial charge in [-0.2, -0.15) is 5.10 Å². The lowest BCUT2D eigenvalue weighted by molar-refractivity contribution is -0.0755. The molecule has 2 aromatic heterocycles. The summed E-state index contributed by atoms with van der Waals surface area (Å²) < 4.78 is 1.94. The van der Waals surface area contributed by atoms with Crippen molar-refractivity contribution in [2.24, 2.45) is 5.16 Å². The van der Waals surface area contributed by atoms with Crippen molar-refractivity contribution in [1.29, 1.82) is 0 Å². The normalized spacial score (nSPS) is 22.0. The third-order valence-electron chi connectivity index (χ3n) is 5.31. The lowest BCUT2D eigenvalue weighted by Gasteiger charge is -2.34. The van der Waals surface area contributed by atoms with Gasteiger partial charge in [0.2, 0.25) is 0 Å². The van der Waals surface area contributed by atoms with Gasteiger partial charge in [-0.3, -0.25) is 0 Å². The zero-order valence-electron chi connectivity index (χ0n) is 13.4. The fourth-order valence-corrected chi connectivity index (χ4v) is 3.57. The molecule has 23 heavy (non-hydrogen) atoms. The molecule has 120 valence electrons. The smallest absolute Gasteiger partial charge is 0.159 e. The minimum Gasteiger partial charge on any atom is -0.389 e. The molecule has 1 N–H and O–H groups in total. The molecule has 0 amide bonds. The van der Waals surface area contributed by atoms with E-state index >= 15 is 0 Å². The highest BCUT2D eigenvalue weighted by atomic mass is 16.7. The van der Waals surface area contributed by atoms with Gasteiger partial charge in [0.15, 0.2) is 5.65 Å². The number of fused-ring (bicyclic) bond motifs is 1. The van der Waals surface area contributed by atoms with Crippen LogP contribution in [-0.2, 0) is 11.4 Å². The molecule has 0 radical (unpaired) electrons. The quantitative estimate of drug-likeness (QED) is 0.942. The Kier molecular flexibility index (Phi) is 2.72. The Hall–Kier alpha value is -2.11. The van der Waals surface area contributed by atoms with Gasteiger partial charge in [-0.1, -0.05) is 5.16 Å². The minimum atomic E-state index is -0.0191. The summed E-state index contributed by atoms with van der Waals surface area (Å²) in [5, 5.41) is 13.6. The van der Waals surface area contributed by atoms with Crippen molar-refractivity contribution in [1.82, 2.24) is 14.8 Å². The zero-order valence-corrected chi connectivity index (χ0v) is 13.4. The van der Waals surface area contributed by atoms with Crippen LogP contribution in [0.15, 0.2) is 17.5 Å². The van der Waals surface area contributed by atoms with Crippen molar-refractivity contribution >= 4 is 22.4 Å². The Labute approximate surface area is 134 Å². The second-order valence-electron chi connectivity index (χ2n) is 7.01. The average molecular weight is 311 g/mol. The standard InChI is InChI=1S/C17H21N5O/c1-2-22-16-13(10-19-22)15(20-11-4-5-11)12(9-18-16)14-8-17(23-21-14)6-3-7-17/h9-11H,2-8H2,1H3,(H,18,20). The van der Waals surface area contributed by atoms with Gasteiger partial charge in [0.25, 0.3) is 0 Å². The maximum atomic E-state index is 5.77. The van der Waals surface area contributed by atoms with Crippen LogP contribution < -0.4 is 5.32 Å². The molecule has 2 saturated carbocycles. The van der Waals surface area contributed by atoms with E-state index in [1.165, 1.54) is 19.3 Å². The molecule has 6 nitrogen and oxygen atoms in total. The molecule has 0 bridgehead atoms. The first kappa shape index (κ1) is 13.3. The number of nitrogens with one attached hydrogen (secondary N) is 1. The number of pyridine rings is 1. The maximum absolute atomic E-state index is 5.77. The number of aromatic nitrogens is 3. The summed E-state index contributed by atoms with van der Waals surface area (Å²) in [5.74, 6) is 0. The predicted molar refractivity (Wildman–Crippen MR) is 88.7 cm³/mol. The van der Waals surface area contributed by atoms with Crippen molar-refractivity contribution in [2.75, 3.05) is 5.32 Å². The second-order valence-corrected chi connectivity index (χ2v) is 7.01. The van der Waals surface area contributed by atoms with Crippen LogP contribution in [0.4, 0.5) is 5.69 Å². The fourth-order valence-electron chi connectivity index (χ4n) is 3.57. The van der Waals surface area contributed by atoms with Crippen molar-refractivity contribution in [3.8, 4) is 0 Å². The Morgan fingerprint density at radius 2 is 2.22 bits per heavy atom. The molecule has 6 heteroatoms. The number of hydrogen-bond donors (Lipinski definition) is 1. The first-order chi connectivity index (χ1) is 11.3. The lowest BCUT2D eigenvalue weighted by atomic mass is 9.76. The topological polar surface area (TPSA) is 64.3 Å². The van der Waals surface area contributed by atoms with E-state index in [4.69, 9.17) is 4.84 Å². The van der Waals surface area contributed by atoms with E-state index in [2.05, 4.69) is 27.5 Å². The Balaban J connectivity index is 1.59. The summed E-state index contributed by atoms with van der Waals surface area (Å²) in [6.45, 7) is 2.91. The van der Waals surface area contributed by atoms with Crippen molar-refractivity contribution < 1.29 is 4.84 Å². The van der Waals surface area contributed by atoms with Gasteiger partial charge in [-0.15, -0.1) is 0 Å². The number of nitrogens with zero attached hydrogens (tertiary/aromatic N) is 4. The highest BCUT2D eigenvalue weighted by Gasteiger charge is 2.45. The van der Waals surface area contributed by atoms with Crippen LogP contribution in [0.2, 0.25) is 0 Å². The van der Waals surface area contributed by atoms with Crippen LogP contribution in [0, 0.1) is 0 Å². The summed E-state index contributed by atoms with van der Waals surface area (Å²) in [7, 11) is 0. The number of hydrogen-bond acceptors (Lipinski definition) is 5. The molecule has 1 aliphatic heterocycles. The van der Waals surface area contributed by atoms with E-state index in [0.29, 0.717) is 6.04 Å². The van der Waals surface area contributed by atoms with Gasteiger partial charge in [-0.25, -0.2) is 9.67 Å². The van der Waals surface area contributed by atoms with Gasteiger partial charge in [0.05, 0.1) is 23.0 Å². The molecular weight excluding hydrogens is 290 g/mol. The average Bonchev–Trinajstić information content (AvgIpc) is 3.08. The van der Waals surface area contributed by atoms with Crippen LogP contribution in [0.5, 0.6) is 0 Å². The molecule has 0 atom stereocenters. The molecule has 1 spiro atoms. The first-order valence-corrected chi connectivity index (χ1v) is 8.64. The van der Waals surface area contributed by atoms with E-state index in [-0.39, 0.29) is 5.60 Å². The number of aryl methyl sites for hydroxylation is 1. The largest absolute Gasteiger partial charge is 0.389 e. The number of rotatable bonds is 4. The Bertz CT molecular complexity index is 801. The molecule has 0 unspecified atom stereocenters. The van der Waals surface area contributed by atoms with Crippen LogP contribution >= 0.6 is 0 Å². The van der Waals surface area contributed by atoms with E-state index in [9.17, 15) is 0 Å². The molecular formula is C17H21N5O. The summed E-state index contributed by atoms with van der Waals surface area (Å²) in [6, 6.07) is 0.574. The first-order valence-electron chi connectivity index (χ1n) is 8.64. The summed E-state index contributed by atoms with van der Waals surface area (Å²) in [4.78, 5) is 10.4. The highest BCUT2D eigenvalue weighted by Crippen LogP contribution is 2.44. The van der Waals surface area contributed by atoms with Crippen molar-refractivity contribution in [3.63, 3.8) is 0 Å². The summed E-state index contributed by atoms with van der Waals surface area (Å²) in [6.07, 6.45) is 10.7. The van der Waals surface area contributed by atoms with Gasteiger partial charge in [-0.05, 0) is 39.0 Å². The molecule has 2 aromatic rings. The third kappa shape index (κ3) is 2.04. The monoisotopic (exact) mass is 311 g/mol. The minimum absolute atomic E-state index is 0.0191. The number of anilines is 1. The Morgan fingerprint density at radius 3 is 2.87 bits per heavy atom. The summed E-state index contributed by atoms with van der Waals surface area (Å²) in [5.41, 5.74) is 4.18.